The zero-order valence-electron chi connectivity index (χ0n) is 9.37. The van der Waals surface area contributed by atoms with Gasteiger partial charge in [-0.2, -0.15) is 11.3 Å². The van der Waals surface area contributed by atoms with Crippen LogP contribution in [0.4, 0.5) is 0 Å². The molecule has 0 atom stereocenters. The van der Waals surface area contributed by atoms with Crippen LogP contribution in [0, 0.1) is 0 Å². The number of nitrogens with two attached hydrogens (primary N) is 1. The molecule has 2 heterocycles. The first-order chi connectivity index (χ1) is 8.28. The van der Waals surface area contributed by atoms with Crippen molar-refractivity contribution in [3.63, 3.8) is 0 Å². The van der Waals surface area contributed by atoms with E-state index >= 15 is 0 Å². The first-order valence-electron chi connectivity index (χ1n) is 5.40. The molecule has 0 spiro atoms. The van der Waals surface area contributed by atoms with Gasteiger partial charge in [-0.3, -0.25) is 4.79 Å². The number of aromatic nitrogens is 3. The van der Waals surface area contributed by atoms with Gasteiger partial charge >= 0.3 is 0 Å². The number of rotatable bonds is 6. The topological polar surface area (TPSA) is 73.8 Å². The molecule has 0 saturated heterocycles. The van der Waals surface area contributed by atoms with E-state index in [1.807, 2.05) is 11.4 Å². The van der Waals surface area contributed by atoms with E-state index in [2.05, 4.69) is 15.7 Å². The largest absolute Gasteiger partial charge is 0.325 e. The van der Waals surface area contributed by atoms with Crippen molar-refractivity contribution in [1.29, 1.82) is 0 Å². The smallest absolute Gasteiger partial charge is 0.154 e. The van der Waals surface area contributed by atoms with E-state index in [0.29, 0.717) is 18.7 Å². The Bertz CT molecular complexity index is 477. The van der Waals surface area contributed by atoms with Crippen molar-refractivity contribution in [2.24, 2.45) is 5.73 Å². The number of ketones is 1. The molecule has 0 amide bonds. The van der Waals surface area contributed by atoms with E-state index < -0.39 is 0 Å². The number of carbonyl (C=O) groups excluding carboxylic acids is 1. The molecule has 0 aliphatic heterocycles. The Morgan fingerprint density at radius 1 is 1.53 bits per heavy atom. The third kappa shape index (κ3) is 3.47. The summed E-state index contributed by atoms with van der Waals surface area (Å²) in [4.78, 5) is 11.7. The predicted molar refractivity (Wildman–Crippen MR) is 65.6 cm³/mol. The fourth-order valence-corrected chi connectivity index (χ4v) is 2.19. The third-order valence-electron chi connectivity index (χ3n) is 2.41. The Morgan fingerprint density at radius 3 is 3.06 bits per heavy atom. The average molecular weight is 250 g/mol. The molecule has 0 aliphatic rings. The Morgan fingerprint density at radius 2 is 2.41 bits per heavy atom. The summed E-state index contributed by atoms with van der Waals surface area (Å²) in [6.07, 6.45) is 3.04. The number of aryl methyl sites for hydroxylation is 1. The molecule has 2 aromatic rings. The normalized spacial score (nSPS) is 10.6. The summed E-state index contributed by atoms with van der Waals surface area (Å²) in [5.74, 6) is 0.157. The van der Waals surface area contributed by atoms with Crippen LogP contribution in [-0.4, -0.2) is 20.8 Å². The highest BCUT2D eigenvalue weighted by Crippen LogP contribution is 2.08. The van der Waals surface area contributed by atoms with Gasteiger partial charge in [0.2, 0.25) is 0 Å². The number of hydrogen-bond acceptors (Lipinski definition) is 5. The summed E-state index contributed by atoms with van der Waals surface area (Å²) in [5, 5.41) is 11.8. The molecule has 0 bridgehead atoms. The van der Waals surface area contributed by atoms with Crippen LogP contribution in [0.25, 0.3) is 0 Å². The summed E-state index contributed by atoms with van der Waals surface area (Å²) >= 11 is 1.65. The maximum Gasteiger partial charge on any atom is 0.154 e. The van der Waals surface area contributed by atoms with E-state index in [1.165, 1.54) is 10.2 Å². The molecule has 0 aliphatic carbocycles. The number of hydrogen-bond donors (Lipinski definition) is 1. The Balaban J connectivity index is 1.81. The molecule has 17 heavy (non-hydrogen) atoms. The first kappa shape index (κ1) is 11.9. The number of carbonyl (C=O) groups is 1. The summed E-state index contributed by atoms with van der Waals surface area (Å²) < 4.78 is 1.54. The molecular formula is C11H14N4OS. The minimum atomic E-state index is 0.157. The van der Waals surface area contributed by atoms with E-state index in [0.717, 1.165) is 6.42 Å². The Kier molecular flexibility index (Phi) is 4.00. The van der Waals surface area contributed by atoms with Gasteiger partial charge in [-0.05, 0) is 28.8 Å². The lowest BCUT2D eigenvalue weighted by atomic mass is 10.1. The second-order valence-electron chi connectivity index (χ2n) is 3.78. The summed E-state index contributed by atoms with van der Waals surface area (Å²) in [5.41, 5.74) is 7.33. The van der Waals surface area contributed by atoms with Gasteiger partial charge in [0.1, 0.15) is 6.54 Å². The number of nitrogens with zero attached hydrogens (tertiary/aromatic N) is 3. The van der Waals surface area contributed by atoms with Gasteiger partial charge < -0.3 is 5.73 Å². The fourth-order valence-electron chi connectivity index (χ4n) is 1.49. The zero-order valence-corrected chi connectivity index (χ0v) is 10.2. The lowest BCUT2D eigenvalue weighted by molar-refractivity contribution is -0.119. The van der Waals surface area contributed by atoms with Crippen LogP contribution in [0.15, 0.2) is 23.0 Å². The van der Waals surface area contributed by atoms with Gasteiger partial charge in [0.15, 0.2) is 5.78 Å². The lowest BCUT2D eigenvalue weighted by Gasteiger charge is -1.99. The van der Waals surface area contributed by atoms with Crippen molar-refractivity contribution >= 4 is 17.1 Å². The maximum atomic E-state index is 11.7. The summed E-state index contributed by atoms with van der Waals surface area (Å²) in [6, 6.07) is 2.04. The minimum Gasteiger partial charge on any atom is -0.325 e. The summed E-state index contributed by atoms with van der Waals surface area (Å²) in [6.45, 7) is 0.625. The van der Waals surface area contributed by atoms with Gasteiger partial charge in [0, 0.05) is 13.0 Å². The van der Waals surface area contributed by atoms with E-state index in [9.17, 15) is 4.79 Å². The molecular weight excluding hydrogens is 236 g/mol. The van der Waals surface area contributed by atoms with Crippen molar-refractivity contribution < 1.29 is 4.79 Å². The Labute approximate surface area is 103 Å². The van der Waals surface area contributed by atoms with Crippen LogP contribution in [-0.2, 0) is 24.3 Å². The molecule has 2 aromatic heterocycles. The van der Waals surface area contributed by atoms with E-state index in [4.69, 9.17) is 5.73 Å². The Hall–Kier alpha value is -1.53. The molecule has 0 unspecified atom stereocenters. The van der Waals surface area contributed by atoms with Gasteiger partial charge in [-0.1, -0.05) is 5.21 Å². The monoisotopic (exact) mass is 250 g/mol. The van der Waals surface area contributed by atoms with Gasteiger partial charge in [-0.15, -0.1) is 5.10 Å². The zero-order chi connectivity index (χ0) is 12.1. The molecule has 6 heteroatoms. The van der Waals surface area contributed by atoms with Crippen LogP contribution in [0.5, 0.6) is 0 Å². The molecule has 0 fully saturated rings. The van der Waals surface area contributed by atoms with Crippen molar-refractivity contribution in [2.45, 2.75) is 25.9 Å². The second kappa shape index (κ2) is 5.70. The molecule has 5 nitrogen and oxygen atoms in total. The molecule has 0 saturated carbocycles. The van der Waals surface area contributed by atoms with Gasteiger partial charge in [-0.25, -0.2) is 4.68 Å². The summed E-state index contributed by atoms with van der Waals surface area (Å²) in [7, 11) is 0. The quantitative estimate of drug-likeness (QED) is 0.830. The van der Waals surface area contributed by atoms with E-state index in [-0.39, 0.29) is 12.3 Å². The maximum absolute atomic E-state index is 11.7. The van der Waals surface area contributed by atoms with Crippen LogP contribution < -0.4 is 5.73 Å². The molecule has 0 radical (unpaired) electrons. The molecule has 90 valence electrons. The van der Waals surface area contributed by atoms with Crippen LogP contribution in [0.3, 0.4) is 0 Å². The number of Topliss-reactive ketones (excluding diaryl/α,β-unsaturated/α-hetero) is 1. The molecule has 0 aromatic carbocycles. The molecule has 2 rings (SSSR count). The SMILES string of the molecule is NCc1cn(CC(=O)CCc2ccsc2)nn1. The van der Waals surface area contributed by atoms with Crippen molar-refractivity contribution in [3.8, 4) is 0 Å². The van der Waals surface area contributed by atoms with Crippen LogP contribution in [0.2, 0.25) is 0 Å². The van der Waals surface area contributed by atoms with Crippen molar-refractivity contribution in [2.75, 3.05) is 0 Å². The second-order valence-corrected chi connectivity index (χ2v) is 4.56. The minimum absolute atomic E-state index is 0.157. The van der Waals surface area contributed by atoms with E-state index in [1.54, 1.807) is 17.5 Å². The average Bonchev–Trinajstić information content (AvgIpc) is 2.97. The van der Waals surface area contributed by atoms with Crippen molar-refractivity contribution in [3.05, 3.63) is 34.3 Å². The number of thiophene rings is 1. The lowest BCUT2D eigenvalue weighted by Crippen LogP contribution is -2.11. The highest BCUT2D eigenvalue weighted by atomic mass is 32.1. The van der Waals surface area contributed by atoms with Crippen LogP contribution in [0.1, 0.15) is 17.7 Å². The predicted octanol–water partition coefficient (Wildman–Crippen LogP) is 1.00. The fraction of sp³-hybridized carbons (Fsp3) is 0.364. The highest BCUT2D eigenvalue weighted by molar-refractivity contribution is 7.07. The van der Waals surface area contributed by atoms with Crippen molar-refractivity contribution in [1.82, 2.24) is 15.0 Å². The van der Waals surface area contributed by atoms with Crippen LogP contribution >= 0.6 is 11.3 Å². The highest BCUT2D eigenvalue weighted by Gasteiger charge is 2.06. The standard InChI is InChI=1S/C11H14N4OS/c12-5-10-6-15(14-13-10)7-11(16)2-1-9-3-4-17-8-9/h3-4,6,8H,1-2,5,7,12H2. The first-order valence-corrected chi connectivity index (χ1v) is 6.34. The van der Waals surface area contributed by atoms with Gasteiger partial charge in [0.25, 0.3) is 0 Å². The van der Waals surface area contributed by atoms with Gasteiger partial charge in [0.05, 0.1) is 11.9 Å². The molecule has 2 N–H and O–H groups in total. The third-order valence-corrected chi connectivity index (χ3v) is 3.14.